The number of nitrogens with one attached hydrogen (secondary N) is 1. The molecule has 1 heterocycles. The minimum atomic E-state index is -0.573. The molecule has 0 aliphatic heterocycles. The summed E-state index contributed by atoms with van der Waals surface area (Å²) >= 11 is 5.71. The molecule has 0 aliphatic rings. The van der Waals surface area contributed by atoms with E-state index in [1.165, 1.54) is 30.5 Å². The number of amides is 1. The van der Waals surface area contributed by atoms with E-state index in [4.69, 9.17) is 16.0 Å². The van der Waals surface area contributed by atoms with Crippen molar-refractivity contribution in [3.05, 3.63) is 69.1 Å². The maximum atomic E-state index is 11.6. The van der Waals surface area contributed by atoms with E-state index in [0.717, 1.165) is 0 Å². The van der Waals surface area contributed by atoms with Gasteiger partial charge in [0.25, 0.3) is 5.69 Å². The van der Waals surface area contributed by atoms with Crippen LogP contribution in [0.5, 0.6) is 0 Å². The lowest BCUT2D eigenvalue weighted by Crippen LogP contribution is -2.19. The summed E-state index contributed by atoms with van der Waals surface area (Å²) in [5.41, 5.74) is 0.314. The molecule has 1 aromatic carbocycles. The summed E-state index contributed by atoms with van der Waals surface area (Å²) in [5.74, 6) is 0.308. The summed E-state index contributed by atoms with van der Waals surface area (Å²) in [6.45, 7) is 0.275. The van der Waals surface area contributed by atoms with Gasteiger partial charge in [0.1, 0.15) is 10.8 Å². The fourth-order valence-electron chi connectivity index (χ4n) is 1.59. The van der Waals surface area contributed by atoms with Gasteiger partial charge < -0.3 is 9.73 Å². The standard InChI is InChI=1S/C14H11ClN2O4/c15-12-5-3-10(8-13(12)17(19)20)4-6-14(18)16-9-11-2-1-7-21-11/h1-8H,9H2,(H,16,18)/b6-4+. The molecule has 0 saturated heterocycles. The molecule has 0 spiro atoms. The van der Waals surface area contributed by atoms with Crippen LogP contribution < -0.4 is 5.32 Å². The van der Waals surface area contributed by atoms with Gasteiger partial charge in [-0.15, -0.1) is 0 Å². The highest BCUT2D eigenvalue weighted by Crippen LogP contribution is 2.25. The molecule has 1 N–H and O–H groups in total. The van der Waals surface area contributed by atoms with Crippen LogP contribution in [0.2, 0.25) is 5.02 Å². The second-order valence-corrected chi connectivity index (χ2v) is 4.51. The molecule has 0 radical (unpaired) electrons. The molecule has 2 aromatic rings. The minimum Gasteiger partial charge on any atom is -0.467 e. The Labute approximate surface area is 125 Å². The minimum absolute atomic E-state index is 0.0550. The second-order valence-electron chi connectivity index (χ2n) is 4.10. The van der Waals surface area contributed by atoms with Crippen molar-refractivity contribution in [3.8, 4) is 0 Å². The van der Waals surface area contributed by atoms with Crippen molar-refractivity contribution in [2.24, 2.45) is 0 Å². The van der Waals surface area contributed by atoms with E-state index in [1.807, 2.05) is 0 Å². The van der Waals surface area contributed by atoms with Gasteiger partial charge in [-0.25, -0.2) is 0 Å². The summed E-state index contributed by atoms with van der Waals surface area (Å²) in [6, 6.07) is 7.78. The quantitative estimate of drug-likeness (QED) is 0.522. The van der Waals surface area contributed by atoms with Crippen LogP contribution in [0.25, 0.3) is 6.08 Å². The molecule has 108 valence electrons. The average molecular weight is 307 g/mol. The number of hydrogen-bond acceptors (Lipinski definition) is 4. The molecule has 1 aromatic heterocycles. The highest BCUT2D eigenvalue weighted by molar-refractivity contribution is 6.32. The van der Waals surface area contributed by atoms with Gasteiger partial charge in [0.15, 0.2) is 0 Å². The molecule has 21 heavy (non-hydrogen) atoms. The van der Waals surface area contributed by atoms with Crippen LogP contribution in [0.15, 0.2) is 47.1 Å². The van der Waals surface area contributed by atoms with Crippen molar-refractivity contribution < 1.29 is 14.1 Å². The van der Waals surface area contributed by atoms with Gasteiger partial charge in [-0.3, -0.25) is 14.9 Å². The van der Waals surface area contributed by atoms with Crippen LogP contribution >= 0.6 is 11.6 Å². The Morgan fingerprint density at radius 2 is 2.24 bits per heavy atom. The van der Waals surface area contributed by atoms with E-state index in [2.05, 4.69) is 5.32 Å². The Balaban J connectivity index is 1.98. The third kappa shape index (κ3) is 4.19. The van der Waals surface area contributed by atoms with Crippen molar-refractivity contribution in [1.29, 1.82) is 0 Å². The summed E-state index contributed by atoms with van der Waals surface area (Å²) in [5, 5.41) is 13.4. The van der Waals surface area contributed by atoms with E-state index in [9.17, 15) is 14.9 Å². The van der Waals surface area contributed by atoms with E-state index in [1.54, 1.807) is 18.2 Å². The molecular weight excluding hydrogens is 296 g/mol. The van der Waals surface area contributed by atoms with Crippen molar-refractivity contribution in [3.63, 3.8) is 0 Å². The first-order valence-corrected chi connectivity index (χ1v) is 6.36. The van der Waals surface area contributed by atoms with Crippen LogP contribution in [-0.2, 0) is 11.3 Å². The van der Waals surface area contributed by atoms with E-state index < -0.39 is 4.92 Å². The van der Waals surface area contributed by atoms with Gasteiger partial charge in [0.2, 0.25) is 5.91 Å². The Morgan fingerprint density at radius 1 is 1.43 bits per heavy atom. The fraction of sp³-hybridized carbons (Fsp3) is 0.0714. The van der Waals surface area contributed by atoms with Crippen LogP contribution in [0.4, 0.5) is 5.69 Å². The molecule has 0 bridgehead atoms. The van der Waals surface area contributed by atoms with Crippen LogP contribution in [0.1, 0.15) is 11.3 Å². The van der Waals surface area contributed by atoms with E-state index in [-0.39, 0.29) is 23.2 Å². The first-order chi connectivity index (χ1) is 10.1. The first kappa shape index (κ1) is 14.8. The third-order valence-electron chi connectivity index (χ3n) is 2.61. The molecule has 2 rings (SSSR count). The number of nitro benzene ring substituents is 1. The van der Waals surface area contributed by atoms with Crippen molar-refractivity contribution in [1.82, 2.24) is 5.32 Å². The van der Waals surface area contributed by atoms with Gasteiger partial charge in [0, 0.05) is 12.1 Å². The largest absolute Gasteiger partial charge is 0.467 e. The zero-order chi connectivity index (χ0) is 15.2. The van der Waals surface area contributed by atoms with Crippen LogP contribution in [-0.4, -0.2) is 10.8 Å². The van der Waals surface area contributed by atoms with E-state index in [0.29, 0.717) is 11.3 Å². The summed E-state index contributed by atoms with van der Waals surface area (Å²) < 4.78 is 5.07. The summed E-state index contributed by atoms with van der Waals surface area (Å²) in [7, 11) is 0. The van der Waals surface area contributed by atoms with E-state index >= 15 is 0 Å². The smallest absolute Gasteiger partial charge is 0.288 e. The van der Waals surface area contributed by atoms with Crippen molar-refractivity contribution >= 4 is 29.3 Å². The monoisotopic (exact) mass is 306 g/mol. The fourth-order valence-corrected chi connectivity index (χ4v) is 1.78. The number of nitrogens with zero attached hydrogens (tertiary/aromatic N) is 1. The normalized spacial score (nSPS) is 10.7. The molecule has 7 heteroatoms. The van der Waals surface area contributed by atoms with Gasteiger partial charge in [-0.05, 0) is 29.8 Å². The lowest BCUT2D eigenvalue weighted by Gasteiger charge is -1.99. The number of nitro groups is 1. The Morgan fingerprint density at radius 3 is 2.90 bits per heavy atom. The molecule has 0 fully saturated rings. The van der Waals surface area contributed by atoms with Gasteiger partial charge >= 0.3 is 0 Å². The summed E-state index contributed by atoms with van der Waals surface area (Å²) in [6.07, 6.45) is 4.28. The number of rotatable bonds is 5. The van der Waals surface area contributed by atoms with Crippen molar-refractivity contribution in [2.45, 2.75) is 6.54 Å². The number of benzene rings is 1. The number of carbonyl (C=O) groups excluding carboxylic acids is 1. The Kier molecular flexibility index (Phi) is 4.73. The van der Waals surface area contributed by atoms with Gasteiger partial charge in [0.05, 0.1) is 17.7 Å². The highest BCUT2D eigenvalue weighted by atomic mass is 35.5. The molecule has 0 unspecified atom stereocenters. The SMILES string of the molecule is O=C(/C=C/c1ccc(Cl)c([N+](=O)[O-])c1)NCc1ccco1. The van der Waals surface area contributed by atoms with Gasteiger partial charge in [-0.2, -0.15) is 0 Å². The number of halogens is 1. The Bertz CT molecular complexity index is 680. The molecule has 0 atom stereocenters. The average Bonchev–Trinajstić information content (AvgIpc) is 2.97. The van der Waals surface area contributed by atoms with Crippen molar-refractivity contribution in [2.75, 3.05) is 0 Å². The predicted molar refractivity (Wildman–Crippen MR) is 77.7 cm³/mol. The van der Waals surface area contributed by atoms with Gasteiger partial charge in [-0.1, -0.05) is 17.7 Å². The third-order valence-corrected chi connectivity index (χ3v) is 2.93. The second kappa shape index (κ2) is 6.71. The number of hydrogen-bond donors (Lipinski definition) is 1. The van der Waals surface area contributed by atoms with Crippen LogP contribution in [0, 0.1) is 10.1 Å². The lowest BCUT2D eigenvalue weighted by molar-refractivity contribution is -0.384. The molecule has 1 amide bonds. The molecular formula is C14H11ClN2O4. The maximum absolute atomic E-state index is 11.6. The lowest BCUT2D eigenvalue weighted by atomic mass is 10.2. The highest BCUT2D eigenvalue weighted by Gasteiger charge is 2.11. The predicted octanol–water partition coefficient (Wildman–Crippen LogP) is 3.17. The zero-order valence-corrected chi connectivity index (χ0v) is 11.5. The first-order valence-electron chi connectivity index (χ1n) is 5.98. The maximum Gasteiger partial charge on any atom is 0.288 e. The number of furan rings is 1. The zero-order valence-electron chi connectivity index (χ0n) is 10.8. The topological polar surface area (TPSA) is 85.4 Å². The van der Waals surface area contributed by atoms with Crippen LogP contribution in [0.3, 0.4) is 0 Å². The molecule has 6 nitrogen and oxygen atoms in total. The molecule has 0 saturated carbocycles. The molecule has 0 aliphatic carbocycles. The summed E-state index contributed by atoms with van der Waals surface area (Å²) in [4.78, 5) is 21.8. The number of carbonyl (C=O) groups is 1. The Hall–Kier alpha value is -2.60.